The minimum atomic E-state index is -1.68. The topological polar surface area (TPSA) is 232 Å². The Bertz CT molecular complexity index is 1260. The third-order valence-electron chi connectivity index (χ3n) is 6.55. The molecule has 3 amide bonds. The Kier molecular flexibility index (Phi) is 9.60. The number of hydrogen-bond donors (Lipinski definition) is 7. The first-order valence-electron chi connectivity index (χ1n) is 12.4. The Morgan fingerprint density at radius 3 is 2.41 bits per heavy atom. The first-order chi connectivity index (χ1) is 18.5. The summed E-state index contributed by atoms with van der Waals surface area (Å²) in [6.45, 7) is 0.152. The lowest BCUT2D eigenvalue weighted by Gasteiger charge is -2.30. The van der Waals surface area contributed by atoms with Gasteiger partial charge in [-0.05, 0) is 30.9 Å². The van der Waals surface area contributed by atoms with Gasteiger partial charge in [0.2, 0.25) is 17.7 Å². The molecule has 1 fully saturated rings. The van der Waals surface area contributed by atoms with Crippen LogP contribution in [0.25, 0.3) is 10.9 Å². The van der Waals surface area contributed by atoms with Crippen molar-refractivity contribution in [3.63, 3.8) is 0 Å². The average molecular weight is 546 g/mol. The monoisotopic (exact) mass is 545 g/mol. The fourth-order valence-electron chi connectivity index (χ4n) is 4.56. The standard InChI is InChI=1S/C25H31N5O9/c26-15(7-8-20(31)32)22(35)28-17(10-13-12-27-16-5-2-1-4-14(13)16)24(37)30-9-3-6-19(30)23(36)29-18(25(38)39)11-21(33)34/h1-2,4-5,12,15,17-19,27H,3,6-11,26H2,(H,28,35)(H,29,36)(H,31,32)(H,33,34)(H,38,39). The first-order valence-corrected chi connectivity index (χ1v) is 12.4. The fourth-order valence-corrected chi connectivity index (χ4v) is 4.56. The van der Waals surface area contributed by atoms with E-state index in [-0.39, 0.29) is 32.2 Å². The number of H-pyrrole nitrogens is 1. The van der Waals surface area contributed by atoms with Crippen LogP contribution in [0.3, 0.4) is 0 Å². The van der Waals surface area contributed by atoms with Crippen LogP contribution < -0.4 is 16.4 Å². The molecule has 4 atom stereocenters. The minimum absolute atomic E-state index is 0.0296. The van der Waals surface area contributed by atoms with Crippen molar-refractivity contribution in [2.24, 2.45) is 5.73 Å². The molecule has 8 N–H and O–H groups in total. The molecule has 4 unspecified atom stereocenters. The molecule has 0 bridgehead atoms. The highest BCUT2D eigenvalue weighted by Gasteiger charge is 2.39. The maximum Gasteiger partial charge on any atom is 0.326 e. The maximum atomic E-state index is 13.7. The van der Waals surface area contributed by atoms with Crippen LogP contribution in [0, 0.1) is 0 Å². The number of nitrogens with two attached hydrogens (primary N) is 1. The molecule has 2 heterocycles. The van der Waals surface area contributed by atoms with E-state index in [9.17, 15) is 33.9 Å². The largest absolute Gasteiger partial charge is 0.481 e. The van der Waals surface area contributed by atoms with Crippen molar-refractivity contribution in [2.45, 2.75) is 62.7 Å². The van der Waals surface area contributed by atoms with Gasteiger partial charge in [0.25, 0.3) is 0 Å². The van der Waals surface area contributed by atoms with E-state index in [1.807, 2.05) is 24.3 Å². The Morgan fingerprint density at radius 2 is 1.74 bits per heavy atom. The van der Waals surface area contributed by atoms with Gasteiger partial charge in [-0.15, -0.1) is 0 Å². The zero-order valence-corrected chi connectivity index (χ0v) is 21.0. The molecule has 0 radical (unpaired) electrons. The number of nitrogens with one attached hydrogen (secondary N) is 3. The third kappa shape index (κ3) is 7.54. The number of aliphatic carboxylic acids is 3. The van der Waals surface area contributed by atoms with Crippen molar-refractivity contribution < 1.29 is 44.1 Å². The summed E-state index contributed by atoms with van der Waals surface area (Å²) in [6, 6.07) is 2.21. The van der Waals surface area contributed by atoms with E-state index >= 15 is 0 Å². The van der Waals surface area contributed by atoms with Crippen LogP contribution in [0.5, 0.6) is 0 Å². The Balaban J connectivity index is 1.83. The lowest BCUT2D eigenvalue weighted by Crippen LogP contribution is -2.57. The third-order valence-corrected chi connectivity index (χ3v) is 6.55. The second-order valence-electron chi connectivity index (χ2n) is 9.35. The predicted molar refractivity (Wildman–Crippen MR) is 135 cm³/mol. The number of carbonyl (C=O) groups excluding carboxylic acids is 3. The number of benzene rings is 1. The molecule has 1 aliphatic rings. The van der Waals surface area contributed by atoms with Gasteiger partial charge in [-0.1, -0.05) is 18.2 Å². The molecule has 14 nitrogen and oxygen atoms in total. The predicted octanol–water partition coefficient (Wildman–Crippen LogP) is -0.578. The number of aromatic amines is 1. The number of amides is 3. The Morgan fingerprint density at radius 1 is 1.03 bits per heavy atom. The number of nitrogens with zero attached hydrogens (tertiary/aromatic N) is 1. The summed E-state index contributed by atoms with van der Waals surface area (Å²) in [7, 11) is 0. The van der Waals surface area contributed by atoms with Crippen LogP contribution in [0.1, 0.15) is 37.7 Å². The number of carboxylic acids is 3. The van der Waals surface area contributed by atoms with Gasteiger partial charge in [-0.25, -0.2) is 4.79 Å². The molecule has 0 spiro atoms. The normalized spacial score (nSPS) is 17.3. The lowest BCUT2D eigenvalue weighted by molar-refractivity contribution is -0.148. The van der Waals surface area contributed by atoms with Crippen LogP contribution in [0.2, 0.25) is 0 Å². The highest BCUT2D eigenvalue weighted by Crippen LogP contribution is 2.23. The molecule has 1 saturated heterocycles. The van der Waals surface area contributed by atoms with Crippen molar-refractivity contribution in [3.8, 4) is 0 Å². The number of fused-ring (bicyclic) bond motifs is 1. The van der Waals surface area contributed by atoms with E-state index in [0.717, 1.165) is 10.9 Å². The van der Waals surface area contributed by atoms with Crippen LogP contribution in [-0.4, -0.2) is 91.5 Å². The maximum absolute atomic E-state index is 13.7. The number of hydrogen-bond acceptors (Lipinski definition) is 7. The minimum Gasteiger partial charge on any atom is -0.481 e. The number of para-hydroxylation sites is 1. The summed E-state index contributed by atoms with van der Waals surface area (Å²) in [6.07, 6.45) is 1.03. The summed E-state index contributed by atoms with van der Waals surface area (Å²) in [5.74, 6) is -6.23. The second-order valence-corrected chi connectivity index (χ2v) is 9.35. The van der Waals surface area contributed by atoms with Crippen LogP contribution in [0.4, 0.5) is 0 Å². The van der Waals surface area contributed by atoms with Gasteiger partial charge in [-0.2, -0.15) is 0 Å². The van der Waals surface area contributed by atoms with Crippen molar-refractivity contribution in [1.29, 1.82) is 0 Å². The molecule has 0 saturated carbocycles. The molecule has 1 aromatic carbocycles. The van der Waals surface area contributed by atoms with Crippen molar-refractivity contribution in [3.05, 3.63) is 36.0 Å². The number of likely N-dealkylation sites (tertiary alicyclic amines) is 1. The molecule has 1 aromatic heterocycles. The van der Waals surface area contributed by atoms with Gasteiger partial charge in [0.1, 0.15) is 18.1 Å². The molecule has 210 valence electrons. The molecule has 1 aliphatic heterocycles. The number of carboxylic acid groups (broad SMARTS) is 3. The smallest absolute Gasteiger partial charge is 0.326 e. The average Bonchev–Trinajstić information content (AvgIpc) is 3.53. The van der Waals surface area contributed by atoms with Gasteiger partial charge >= 0.3 is 17.9 Å². The van der Waals surface area contributed by atoms with Crippen LogP contribution in [-0.2, 0) is 35.2 Å². The van der Waals surface area contributed by atoms with Gasteiger partial charge in [0.15, 0.2) is 0 Å². The fraction of sp³-hybridized carbons (Fsp3) is 0.440. The Labute approximate surface area is 222 Å². The molecule has 0 aliphatic carbocycles. The summed E-state index contributed by atoms with van der Waals surface area (Å²) < 4.78 is 0. The van der Waals surface area contributed by atoms with Gasteiger partial charge in [0.05, 0.1) is 12.5 Å². The van der Waals surface area contributed by atoms with E-state index in [2.05, 4.69) is 15.6 Å². The zero-order valence-electron chi connectivity index (χ0n) is 21.0. The quantitative estimate of drug-likeness (QED) is 0.169. The SMILES string of the molecule is NC(CCC(=O)O)C(=O)NC(Cc1c[nH]c2ccccc12)C(=O)N1CCCC1C(=O)NC(CC(=O)O)C(=O)O. The first kappa shape index (κ1) is 29.1. The van der Waals surface area contributed by atoms with Gasteiger partial charge in [-0.3, -0.25) is 24.0 Å². The Hall–Kier alpha value is -4.46. The van der Waals surface area contributed by atoms with Crippen LogP contribution >= 0.6 is 0 Å². The summed E-state index contributed by atoms with van der Waals surface area (Å²) in [5, 5.41) is 32.7. The summed E-state index contributed by atoms with van der Waals surface area (Å²) >= 11 is 0. The van der Waals surface area contributed by atoms with Crippen LogP contribution in [0.15, 0.2) is 30.5 Å². The summed E-state index contributed by atoms with van der Waals surface area (Å²) in [4.78, 5) is 77.1. The molecular formula is C25H31N5O9. The molecule has 39 heavy (non-hydrogen) atoms. The number of carbonyl (C=O) groups is 6. The second kappa shape index (κ2) is 12.9. The lowest BCUT2D eigenvalue weighted by atomic mass is 10.0. The van der Waals surface area contributed by atoms with Gasteiger partial charge < -0.3 is 41.6 Å². The van der Waals surface area contributed by atoms with Crippen molar-refractivity contribution in [2.75, 3.05) is 6.54 Å². The number of rotatable bonds is 13. The van der Waals surface area contributed by atoms with E-state index in [4.69, 9.17) is 15.9 Å². The molecule has 14 heteroatoms. The highest BCUT2D eigenvalue weighted by atomic mass is 16.4. The highest BCUT2D eigenvalue weighted by molar-refractivity contribution is 5.95. The van der Waals surface area contributed by atoms with E-state index in [0.29, 0.717) is 12.0 Å². The molecule has 3 rings (SSSR count). The molecule has 2 aromatic rings. The zero-order chi connectivity index (χ0) is 28.7. The molecular weight excluding hydrogens is 514 g/mol. The number of aromatic nitrogens is 1. The van der Waals surface area contributed by atoms with E-state index in [1.165, 1.54) is 4.90 Å². The van der Waals surface area contributed by atoms with Gasteiger partial charge in [0, 0.05) is 36.5 Å². The summed E-state index contributed by atoms with van der Waals surface area (Å²) in [5.41, 5.74) is 7.37. The van der Waals surface area contributed by atoms with Crippen molar-refractivity contribution in [1.82, 2.24) is 20.5 Å². The van der Waals surface area contributed by atoms with Crippen molar-refractivity contribution >= 4 is 46.5 Å². The van der Waals surface area contributed by atoms with E-state index in [1.54, 1.807) is 6.20 Å². The van der Waals surface area contributed by atoms with E-state index < -0.39 is 66.2 Å².